The average Bonchev–Trinajstić information content (AvgIpc) is 2.53. The maximum Gasteiger partial charge on any atom is 0.193 e. The molecule has 1 fully saturated rings. The summed E-state index contributed by atoms with van der Waals surface area (Å²) in [7, 11) is 1.59. The summed E-state index contributed by atoms with van der Waals surface area (Å²) in [4.78, 5) is 6.95. The predicted octanol–water partition coefficient (Wildman–Crippen LogP) is 3.20. The van der Waals surface area contributed by atoms with Crippen molar-refractivity contribution in [3.8, 4) is 5.75 Å². The Morgan fingerprint density at radius 1 is 1.57 bits per heavy atom. The first-order chi connectivity index (χ1) is 11.0. The van der Waals surface area contributed by atoms with Crippen LogP contribution in [-0.2, 0) is 0 Å². The van der Waals surface area contributed by atoms with Gasteiger partial charge in [0.05, 0.1) is 18.7 Å². The standard InChI is InChI=1S/C17H27ClN4O/c1-12-5-4-8-22(11-12)13(2)10-20-17(19)21-14-6-7-16(23-3)15(18)9-14/h6-7,9,12-13H,4-5,8,10-11H2,1-3H3,(H3,19,20,21). The first kappa shape index (κ1) is 17.9. The lowest BCUT2D eigenvalue weighted by molar-refractivity contribution is 0.142. The number of nitrogens with two attached hydrogens (primary N) is 1. The number of rotatable bonds is 5. The van der Waals surface area contributed by atoms with E-state index in [1.807, 2.05) is 6.07 Å². The van der Waals surface area contributed by atoms with Crippen molar-refractivity contribution in [3.63, 3.8) is 0 Å². The molecule has 1 aromatic rings. The second-order valence-electron chi connectivity index (χ2n) is 6.29. The highest BCUT2D eigenvalue weighted by molar-refractivity contribution is 6.32. The van der Waals surface area contributed by atoms with Gasteiger partial charge in [-0.05, 0) is 50.4 Å². The van der Waals surface area contributed by atoms with Crippen molar-refractivity contribution in [1.29, 1.82) is 0 Å². The Balaban J connectivity index is 1.88. The van der Waals surface area contributed by atoms with Crippen LogP contribution in [-0.4, -0.2) is 43.6 Å². The molecule has 2 unspecified atom stereocenters. The van der Waals surface area contributed by atoms with Crippen molar-refractivity contribution in [2.45, 2.75) is 32.7 Å². The molecule has 5 nitrogen and oxygen atoms in total. The van der Waals surface area contributed by atoms with Crippen LogP contribution in [0.4, 0.5) is 5.69 Å². The molecule has 23 heavy (non-hydrogen) atoms. The Morgan fingerprint density at radius 2 is 2.35 bits per heavy atom. The molecule has 2 atom stereocenters. The molecule has 1 aliphatic heterocycles. The number of piperidine rings is 1. The molecule has 0 spiro atoms. The number of hydrogen-bond donors (Lipinski definition) is 2. The van der Waals surface area contributed by atoms with Gasteiger partial charge in [0.15, 0.2) is 5.96 Å². The SMILES string of the molecule is COc1ccc(NC(N)=NCC(C)N2CCCC(C)C2)cc1Cl. The fourth-order valence-corrected chi connectivity index (χ4v) is 3.16. The Labute approximate surface area is 143 Å². The lowest BCUT2D eigenvalue weighted by atomic mass is 9.99. The van der Waals surface area contributed by atoms with E-state index < -0.39 is 0 Å². The van der Waals surface area contributed by atoms with Crippen LogP contribution in [0.5, 0.6) is 5.75 Å². The minimum absolute atomic E-state index is 0.401. The van der Waals surface area contributed by atoms with Crippen molar-refractivity contribution in [2.75, 3.05) is 32.1 Å². The predicted molar refractivity (Wildman–Crippen MR) is 97.5 cm³/mol. The van der Waals surface area contributed by atoms with E-state index in [-0.39, 0.29) is 0 Å². The zero-order valence-electron chi connectivity index (χ0n) is 14.2. The Hall–Kier alpha value is -1.46. The number of hydrogen-bond acceptors (Lipinski definition) is 3. The Bertz CT molecular complexity index is 549. The number of likely N-dealkylation sites (tertiary alicyclic amines) is 1. The summed E-state index contributed by atoms with van der Waals surface area (Å²) in [5.74, 6) is 1.82. The number of aliphatic imine (C=N–C) groups is 1. The fourth-order valence-electron chi connectivity index (χ4n) is 2.90. The van der Waals surface area contributed by atoms with Gasteiger partial charge in [0.2, 0.25) is 0 Å². The van der Waals surface area contributed by atoms with Gasteiger partial charge < -0.3 is 15.8 Å². The monoisotopic (exact) mass is 338 g/mol. The largest absolute Gasteiger partial charge is 0.495 e. The molecule has 1 aromatic carbocycles. The summed E-state index contributed by atoms with van der Waals surface area (Å²) >= 11 is 6.10. The molecule has 1 aliphatic rings. The summed E-state index contributed by atoms with van der Waals surface area (Å²) < 4.78 is 5.13. The van der Waals surface area contributed by atoms with E-state index >= 15 is 0 Å². The zero-order valence-corrected chi connectivity index (χ0v) is 14.9. The summed E-state index contributed by atoms with van der Waals surface area (Å²) in [5.41, 5.74) is 6.78. The third-order valence-electron chi connectivity index (χ3n) is 4.26. The van der Waals surface area contributed by atoms with E-state index in [2.05, 4.69) is 29.1 Å². The molecule has 0 aromatic heterocycles. The van der Waals surface area contributed by atoms with Crippen LogP contribution in [0, 0.1) is 5.92 Å². The molecule has 6 heteroatoms. The van der Waals surface area contributed by atoms with Gasteiger partial charge in [-0.3, -0.25) is 9.89 Å². The van der Waals surface area contributed by atoms with Crippen molar-refractivity contribution in [3.05, 3.63) is 23.2 Å². The van der Waals surface area contributed by atoms with E-state index in [9.17, 15) is 0 Å². The van der Waals surface area contributed by atoms with Crippen molar-refractivity contribution < 1.29 is 4.74 Å². The number of benzene rings is 1. The third kappa shape index (κ3) is 5.29. The lowest BCUT2D eigenvalue weighted by Gasteiger charge is -2.34. The summed E-state index contributed by atoms with van der Waals surface area (Å²) in [6.07, 6.45) is 2.60. The molecule has 3 N–H and O–H groups in total. The van der Waals surface area contributed by atoms with E-state index in [0.29, 0.717) is 29.3 Å². The first-order valence-electron chi connectivity index (χ1n) is 8.14. The van der Waals surface area contributed by atoms with Gasteiger partial charge in [-0.15, -0.1) is 0 Å². The first-order valence-corrected chi connectivity index (χ1v) is 8.52. The molecule has 0 amide bonds. The number of anilines is 1. The van der Waals surface area contributed by atoms with Gasteiger partial charge in [0.1, 0.15) is 5.75 Å². The zero-order chi connectivity index (χ0) is 16.8. The van der Waals surface area contributed by atoms with E-state index in [1.165, 1.54) is 12.8 Å². The van der Waals surface area contributed by atoms with E-state index in [0.717, 1.165) is 24.7 Å². The minimum atomic E-state index is 0.401. The van der Waals surface area contributed by atoms with E-state index in [4.69, 9.17) is 22.1 Å². The maximum atomic E-state index is 6.10. The van der Waals surface area contributed by atoms with Crippen molar-refractivity contribution in [1.82, 2.24) is 4.90 Å². The molecule has 0 bridgehead atoms. The average molecular weight is 339 g/mol. The number of halogens is 1. The molecular formula is C17H27ClN4O. The molecule has 0 saturated carbocycles. The van der Waals surface area contributed by atoms with Crippen LogP contribution in [0.1, 0.15) is 26.7 Å². The van der Waals surface area contributed by atoms with Crippen LogP contribution < -0.4 is 15.8 Å². The molecule has 2 rings (SSSR count). The molecule has 0 radical (unpaired) electrons. The highest BCUT2D eigenvalue weighted by atomic mass is 35.5. The number of ether oxygens (including phenoxy) is 1. The Morgan fingerprint density at radius 3 is 3.00 bits per heavy atom. The highest BCUT2D eigenvalue weighted by Gasteiger charge is 2.20. The smallest absolute Gasteiger partial charge is 0.193 e. The van der Waals surface area contributed by atoms with Crippen LogP contribution >= 0.6 is 11.6 Å². The molecule has 128 valence electrons. The lowest BCUT2D eigenvalue weighted by Crippen LogP contribution is -2.42. The van der Waals surface area contributed by atoms with Crippen LogP contribution in [0.15, 0.2) is 23.2 Å². The molecule has 0 aliphatic carbocycles. The maximum absolute atomic E-state index is 6.10. The number of guanidine groups is 1. The van der Waals surface area contributed by atoms with Gasteiger partial charge >= 0.3 is 0 Å². The van der Waals surface area contributed by atoms with Crippen LogP contribution in [0.2, 0.25) is 5.02 Å². The quantitative estimate of drug-likeness (QED) is 0.639. The highest BCUT2D eigenvalue weighted by Crippen LogP contribution is 2.27. The molecule has 1 heterocycles. The van der Waals surface area contributed by atoms with Crippen molar-refractivity contribution in [2.24, 2.45) is 16.6 Å². The van der Waals surface area contributed by atoms with Gasteiger partial charge in [-0.2, -0.15) is 0 Å². The third-order valence-corrected chi connectivity index (χ3v) is 4.56. The summed E-state index contributed by atoms with van der Waals surface area (Å²) in [6, 6.07) is 5.84. The Kier molecular flexibility index (Phi) is 6.54. The molecular weight excluding hydrogens is 312 g/mol. The van der Waals surface area contributed by atoms with Crippen LogP contribution in [0.25, 0.3) is 0 Å². The van der Waals surface area contributed by atoms with Gasteiger partial charge in [0.25, 0.3) is 0 Å². The molecule has 1 saturated heterocycles. The fraction of sp³-hybridized carbons (Fsp3) is 0.588. The topological polar surface area (TPSA) is 62.9 Å². The summed E-state index contributed by atoms with van der Waals surface area (Å²) in [5, 5.41) is 3.61. The summed E-state index contributed by atoms with van der Waals surface area (Å²) in [6.45, 7) is 7.51. The second kappa shape index (κ2) is 8.41. The van der Waals surface area contributed by atoms with Gasteiger partial charge in [-0.1, -0.05) is 18.5 Å². The number of nitrogens with zero attached hydrogens (tertiary/aromatic N) is 2. The number of nitrogens with one attached hydrogen (secondary N) is 1. The van der Waals surface area contributed by atoms with Gasteiger partial charge in [-0.25, -0.2) is 0 Å². The number of methoxy groups -OCH3 is 1. The van der Waals surface area contributed by atoms with Crippen LogP contribution in [0.3, 0.4) is 0 Å². The van der Waals surface area contributed by atoms with E-state index in [1.54, 1.807) is 19.2 Å². The second-order valence-corrected chi connectivity index (χ2v) is 6.70. The van der Waals surface area contributed by atoms with Crippen molar-refractivity contribution >= 4 is 23.2 Å². The minimum Gasteiger partial charge on any atom is -0.495 e. The van der Waals surface area contributed by atoms with Gasteiger partial charge in [0, 0.05) is 18.3 Å². The normalized spacial score (nSPS) is 21.0.